The van der Waals surface area contributed by atoms with Crippen LogP contribution in [0.15, 0.2) is 0 Å². The van der Waals surface area contributed by atoms with Crippen LogP contribution in [-0.2, 0) is 0 Å². The second-order valence-corrected chi connectivity index (χ2v) is 11.3. The lowest BCUT2D eigenvalue weighted by atomic mass is 9.70. The summed E-state index contributed by atoms with van der Waals surface area (Å²) in [4.78, 5) is 0. The minimum absolute atomic E-state index is 0. The van der Waals surface area contributed by atoms with Crippen molar-refractivity contribution >= 4 is 9.90 Å². The van der Waals surface area contributed by atoms with E-state index in [0.29, 0.717) is 12.0 Å². The summed E-state index contributed by atoms with van der Waals surface area (Å²) in [5.41, 5.74) is 0.670. The topological polar surface area (TPSA) is 20.2 Å². The van der Waals surface area contributed by atoms with Crippen LogP contribution in [0.3, 0.4) is 0 Å². The lowest BCUT2D eigenvalue weighted by Gasteiger charge is -2.35. The third-order valence-electron chi connectivity index (χ3n) is 8.05. The van der Waals surface area contributed by atoms with Crippen LogP contribution in [0.25, 0.3) is 0 Å². The summed E-state index contributed by atoms with van der Waals surface area (Å²) < 4.78 is 0. The van der Waals surface area contributed by atoms with Crippen LogP contribution in [0.5, 0.6) is 0 Å². The molecule has 1 unspecified atom stereocenters. The standard InChI is InChI=1S/C32H66O.H3P/c1-4-7-10-22-27-32(28-23-11-8-5-2,29-24-12-9-6-3)30-25-20-18-16-14-13-15-17-19-21-26-31-33;/h33H,4-31H2,1-3H3;1H3. The monoisotopic (exact) mass is 501 g/mol. The molecule has 2 heteroatoms. The van der Waals surface area contributed by atoms with Crippen LogP contribution in [0, 0.1) is 5.41 Å². The van der Waals surface area contributed by atoms with E-state index in [1.54, 1.807) is 0 Å². The van der Waals surface area contributed by atoms with E-state index < -0.39 is 0 Å². The van der Waals surface area contributed by atoms with Crippen LogP contribution in [0.1, 0.15) is 194 Å². The summed E-state index contributed by atoms with van der Waals surface area (Å²) in [5.74, 6) is 0. The van der Waals surface area contributed by atoms with Gasteiger partial charge in [0.25, 0.3) is 0 Å². The van der Waals surface area contributed by atoms with E-state index >= 15 is 0 Å². The summed E-state index contributed by atoms with van der Waals surface area (Å²) in [7, 11) is 0. The van der Waals surface area contributed by atoms with Crippen molar-refractivity contribution in [3.63, 3.8) is 0 Å². The van der Waals surface area contributed by atoms with Crippen LogP contribution < -0.4 is 0 Å². The number of hydrogen-bond acceptors (Lipinski definition) is 1. The van der Waals surface area contributed by atoms with Gasteiger partial charge in [-0.25, -0.2) is 0 Å². The van der Waals surface area contributed by atoms with Crippen molar-refractivity contribution in [1.82, 2.24) is 0 Å². The van der Waals surface area contributed by atoms with Crippen molar-refractivity contribution in [3.8, 4) is 0 Å². The molecule has 0 rings (SSSR count). The Balaban J connectivity index is 0. The van der Waals surface area contributed by atoms with Crippen LogP contribution in [0.2, 0.25) is 0 Å². The molecule has 0 aliphatic carbocycles. The van der Waals surface area contributed by atoms with Gasteiger partial charge in [0.2, 0.25) is 0 Å². The van der Waals surface area contributed by atoms with E-state index in [9.17, 15) is 0 Å². The molecule has 1 atom stereocenters. The summed E-state index contributed by atoms with van der Waals surface area (Å²) in [6.45, 7) is 7.41. The Morgan fingerprint density at radius 1 is 0.353 bits per heavy atom. The van der Waals surface area contributed by atoms with Crippen LogP contribution >= 0.6 is 9.90 Å². The van der Waals surface area contributed by atoms with Crippen molar-refractivity contribution in [3.05, 3.63) is 0 Å². The third kappa shape index (κ3) is 24.1. The molecular weight excluding hydrogens is 431 g/mol. The molecule has 0 bridgehead atoms. The Bertz CT molecular complexity index is 326. The molecule has 0 spiro atoms. The fraction of sp³-hybridized carbons (Fsp3) is 1.00. The van der Waals surface area contributed by atoms with E-state index in [-0.39, 0.29) is 9.90 Å². The number of rotatable bonds is 28. The maximum absolute atomic E-state index is 8.85. The lowest BCUT2D eigenvalue weighted by molar-refractivity contribution is 0.172. The largest absolute Gasteiger partial charge is 0.396 e. The zero-order valence-corrected chi connectivity index (χ0v) is 25.9. The lowest BCUT2D eigenvalue weighted by Crippen LogP contribution is -2.21. The number of unbranched alkanes of at least 4 members (excludes halogenated alkanes) is 19. The Labute approximate surface area is 221 Å². The molecule has 0 aromatic carbocycles. The zero-order valence-electron chi connectivity index (χ0n) is 24.5. The Morgan fingerprint density at radius 3 is 0.853 bits per heavy atom. The molecule has 0 aromatic rings. The van der Waals surface area contributed by atoms with E-state index in [0.717, 1.165) is 6.42 Å². The van der Waals surface area contributed by atoms with Gasteiger partial charge in [-0.05, 0) is 37.5 Å². The molecule has 34 heavy (non-hydrogen) atoms. The van der Waals surface area contributed by atoms with E-state index in [1.165, 1.54) is 167 Å². The van der Waals surface area contributed by atoms with Crippen molar-refractivity contribution in [2.24, 2.45) is 5.41 Å². The molecule has 1 nitrogen and oxygen atoms in total. The molecule has 0 saturated carbocycles. The smallest absolute Gasteiger partial charge is 0.0431 e. The predicted molar refractivity (Wildman–Crippen MR) is 162 cm³/mol. The summed E-state index contributed by atoms with van der Waals surface area (Å²) >= 11 is 0. The van der Waals surface area contributed by atoms with Gasteiger partial charge in [0, 0.05) is 6.61 Å². The van der Waals surface area contributed by atoms with Gasteiger partial charge in [-0.3, -0.25) is 0 Å². The van der Waals surface area contributed by atoms with E-state index in [4.69, 9.17) is 5.11 Å². The van der Waals surface area contributed by atoms with Gasteiger partial charge in [0.05, 0.1) is 0 Å². The molecule has 0 radical (unpaired) electrons. The molecule has 0 saturated heterocycles. The van der Waals surface area contributed by atoms with Gasteiger partial charge < -0.3 is 5.11 Å². The van der Waals surface area contributed by atoms with Gasteiger partial charge in [0.1, 0.15) is 0 Å². The van der Waals surface area contributed by atoms with Crippen LogP contribution in [0.4, 0.5) is 0 Å². The molecule has 0 fully saturated rings. The summed E-state index contributed by atoms with van der Waals surface area (Å²) in [6, 6.07) is 0. The van der Waals surface area contributed by atoms with Crippen molar-refractivity contribution < 1.29 is 5.11 Å². The molecular formula is C32H69OP. The summed E-state index contributed by atoms with van der Waals surface area (Å²) in [5, 5.41) is 8.85. The number of aliphatic hydroxyl groups excluding tert-OH is 1. The normalized spacial score (nSPS) is 11.6. The highest BCUT2D eigenvalue weighted by molar-refractivity contribution is 6.92. The fourth-order valence-electron chi connectivity index (χ4n) is 5.73. The minimum Gasteiger partial charge on any atom is -0.396 e. The highest BCUT2D eigenvalue weighted by Gasteiger charge is 2.28. The number of aliphatic hydroxyl groups is 1. The first-order valence-electron chi connectivity index (χ1n) is 15.9. The van der Waals surface area contributed by atoms with E-state index in [1.807, 2.05) is 0 Å². The number of hydrogen-bond donors (Lipinski definition) is 1. The quantitative estimate of drug-likeness (QED) is 0.0836. The van der Waals surface area contributed by atoms with E-state index in [2.05, 4.69) is 20.8 Å². The molecule has 1 N–H and O–H groups in total. The van der Waals surface area contributed by atoms with Gasteiger partial charge in [0.15, 0.2) is 0 Å². The van der Waals surface area contributed by atoms with Gasteiger partial charge in [-0.15, -0.1) is 0 Å². The maximum Gasteiger partial charge on any atom is 0.0431 e. The molecule has 0 aromatic heterocycles. The van der Waals surface area contributed by atoms with Crippen molar-refractivity contribution in [1.29, 1.82) is 0 Å². The molecule has 208 valence electrons. The maximum atomic E-state index is 8.85. The first-order chi connectivity index (χ1) is 16.2. The highest BCUT2D eigenvalue weighted by atomic mass is 31.0. The average molecular weight is 501 g/mol. The highest BCUT2D eigenvalue weighted by Crippen LogP contribution is 2.42. The zero-order chi connectivity index (χ0) is 24.3. The SMILES string of the molecule is CCCCCCC(CCCCCC)(CCCCCC)CCCCCCCCCCCCCO.P. The Morgan fingerprint density at radius 2 is 0.588 bits per heavy atom. The third-order valence-corrected chi connectivity index (χ3v) is 8.05. The van der Waals surface area contributed by atoms with Crippen molar-refractivity contribution in [2.75, 3.05) is 6.61 Å². The van der Waals surface area contributed by atoms with Gasteiger partial charge in [-0.1, -0.05) is 162 Å². The average Bonchev–Trinajstić information content (AvgIpc) is 2.83. The molecule has 0 aliphatic rings. The summed E-state index contributed by atoms with van der Waals surface area (Å²) in [6.07, 6.45) is 38.3. The predicted octanol–water partition coefficient (Wildman–Crippen LogP) is 11.6. The minimum atomic E-state index is 0. The Hall–Kier alpha value is 0.390. The van der Waals surface area contributed by atoms with Crippen molar-refractivity contribution in [2.45, 2.75) is 194 Å². The Kier molecular flexibility index (Phi) is 31.8. The first kappa shape index (κ1) is 36.5. The molecule has 0 amide bonds. The second-order valence-electron chi connectivity index (χ2n) is 11.3. The van der Waals surface area contributed by atoms with Gasteiger partial charge in [-0.2, -0.15) is 9.90 Å². The molecule has 0 aliphatic heterocycles. The molecule has 0 heterocycles. The second kappa shape index (κ2) is 29.6. The van der Waals surface area contributed by atoms with Crippen LogP contribution in [-0.4, -0.2) is 11.7 Å². The fourth-order valence-corrected chi connectivity index (χ4v) is 5.73. The van der Waals surface area contributed by atoms with Gasteiger partial charge >= 0.3 is 0 Å². The first-order valence-corrected chi connectivity index (χ1v) is 15.9.